The summed E-state index contributed by atoms with van der Waals surface area (Å²) in [5.74, 6) is 0.861. The van der Waals surface area contributed by atoms with E-state index in [2.05, 4.69) is 25.4 Å². The van der Waals surface area contributed by atoms with Gasteiger partial charge < -0.3 is 20.3 Å². The maximum Gasteiger partial charge on any atom is 0.234 e. The van der Waals surface area contributed by atoms with Gasteiger partial charge in [-0.1, -0.05) is 6.07 Å². The molecule has 1 aliphatic carbocycles. The van der Waals surface area contributed by atoms with Crippen LogP contribution in [0.25, 0.3) is 0 Å². The summed E-state index contributed by atoms with van der Waals surface area (Å²) in [6.45, 7) is 9.18. The first-order valence-corrected chi connectivity index (χ1v) is 10.5. The topological polar surface area (TPSA) is 69.2 Å². The van der Waals surface area contributed by atoms with Gasteiger partial charge in [-0.2, -0.15) is 0 Å². The number of halogens is 2. The zero-order valence-corrected chi connectivity index (χ0v) is 20.2. The van der Waals surface area contributed by atoms with Crippen molar-refractivity contribution in [3.8, 4) is 5.75 Å². The van der Waals surface area contributed by atoms with Crippen LogP contribution >= 0.6 is 24.0 Å². The van der Waals surface area contributed by atoms with Gasteiger partial charge in [0.1, 0.15) is 0 Å². The van der Waals surface area contributed by atoms with Crippen LogP contribution in [0.5, 0.6) is 5.75 Å². The molecule has 1 aromatic carbocycles. The Morgan fingerprint density at radius 2 is 1.97 bits per heavy atom. The van der Waals surface area contributed by atoms with Crippen LogP contribution in [0.4, 0.5) is 4.39 Å². The summed E-state index contributed by atoms with van der Waals surface area (Å²) < 4.78 is 19.3. The lowest BCUT2D eigenvalue weighted by Gasteiger charge is -2.36. The minimum atomic E-state index is -0.359. The van der Waals surface area contributed by atoms with Crippen LogP contribution in [-0.2, 0) is 11.3 Å². The number of amides is 1. The number of carbonyl (C=O) groups is 1. The van der Waals surface area contributed by atoms with E-state index in [0.717, 1.165) is 57.1 Å². The number of nitrogens with one attached hydrogen (secondary N) is 2. The molecule has 1 aromatic rings. The molecular weight excluding hydrogens is 500 g/mol. The van der Waals surface area contributed by atoms with Crippen molar-refractivity contribution in [2.45, 2.75) is 39.3 Å². The van der Waals surface area contributed by atoms with Gasteiger partial charge in [0.2, 0.25) is 5.91 Å². The zero-order chi connectivity index (χ0) is 20.6. The highest BCUT2D eigenvalue weighted by Crippen LogP contribution is 2.19. The van der Waals surface area contributed by atoms with Gasteiger partial charge >= 0.3 is 0 Å². The van der Waals surface area contributed by atoms with Gasteiger partial charge in [-0.25, -0.2) is 9.38 Å². The highest BCUT2D eigenvalue weighted by atomic mass is 127. The van der Waals surface area contributed by atoms with Crippen molar-refractivity contribution in [1.82, 2.24) is 20.4 Å². The molecule has 30 heavy (non-hydrogen) atoms. The average molecular weight is 533 g/mol. The summed E-state index contributed by atoms with van der Waals surface area (Å²) in [4.78, 5) is 21.1. The number of aliphatic imine (C=N–C) groups is 1. The smallest absolute Gasteiger partial charge is 0.234 e. The number of rotatable bonds is 8. The van der Waals surface area contributed by atoms with Crippen LogP contribution in [0.15, 0.2) is 23.2 Å². The van der Waals surface area contributed by atoms with Gasteiger partial charge in [-0.15, -0.1) is 24.0 Å². The van der Waals surface area contributed by atoms with E-state index in [0.29, 0.717) is 25.7 Å². The Morgan fingerprint density at radius 3 is 2.57 bits per heavy atom. The molecule has 1 aliphatic heterocycles. The Bertz CT molecular complexity index is 721. The highest BCUT2D eigenvalue weighted by Gasteiger charge is 2.25. The lowest BCUT2D eigenvalue weighted by molar-refractivity contribution is -0.122. The number of carbonyl (C=O) groups excluding carboxylic acids is 1. The van der Waals surface area contributed by atoms with Crippen LogP contribution in [0.3, 0.4) is 0 Å². The fraction of sp³-hybridized carbons (Fsp3) is 0.619. The third-order valence-electron chi connectivity index (χ3n) is 5.02. The molecule has 2 N–H and O–H groups in total. The average Bonchev–Trinajstić information content (AvgIpc) is 3.52. The maximum atomic E-state index is 14.1. The molecule has 0 atom stereocenters. The van der Waals surface area contributed by atoms with E-state index in [9.17, 15) is 9.18 Å². The van der Waals surface area contributed by atoms with Gasteiger partial charge in [0.15, 0.2) is 17.5 Å². The van der Waals surface area contributed by atoms with Crippen LogP contribution in [0.2, 0.25) is 0 Å². The molecule has 2 fully saturated rings. The standard InChI is InChI=1S/C21H32FN5O2.HI/c1-3-23-21(24-14-16-5-8-19(29-4-2)18(22)13-16)27-11-9-26(10-12-27)15-20(28)25-17-6-7-17;/h5,8,13,17H,3-4,6-7,9-12,14-15H2,1-2H3,(H,23,24)(H,25,28);1H. The minimum Gasteiger partial charge on any atom is -0.491 e. The summed E-state index contributed by atoms with van der Waals surface area (Å²) in [6, 6.07) is 5.39. The van der Waals surface area contributed by atoms with E-state index in [-0.39, 0.29) is 41.5 Å². The summed E-state index contributed by atoms with van der Waals surface area (Å²) in [7, 11) is 0. The normalized spacial score (nSPS) is 17.3. The SMILES string of the molecule is CCNC(=NCc1ccc(OCC)c(F)c1)N1CCN(CC(=O)NC2CC2)CC1.I. The zero-order valence-electron chi connectivity index (χ0n) is 17.8. The third kappa shape index (κ3) is 7.57. The van der Waals surface area contributed by atoms with Crippen molar-refractivity contribution in [2.24, 2.45) is 4.99 Å². The fourth-order valence-corrected chi connectivity index (χ4v) is 3.33. The number of hydrogen-bond donors (Lipinski definition) is 2. The number of guanidine groups is 1. The van der Waals surface area contributed by atoms with Crippen molar-refractivity contribution < 1.29 is 13.9 Å². The largest absolute Gasteiger partial charge is 0.491 e. The van der Waals surface area contributed by atoms with Crippen molar-refractivity contribution in [3.05, 3.63) is 29.6 Å². The molecule has 1 saturated heterocycles. The number of ether oxygens (including phenoxy) is 1. The van der Waals surface area contributed by atoms with E-state index < -0.39 is 0 Å². The number of nitrogens with zero attached hydrogens (tertiary/aromatic N) is 3. The van der Waals surface area contributed by atoms with Crippen LogP contribution in [-0.4, -0.2) is 73.6 Å². The molecule has 0 spiro atoms. The molecule has 0 bridgehead atoms. The molecule has 9 heteroatoms. The van der Waals surface area contributed by atoms with Gasteiger partial charge in [0.25, 0.3) is 0 Å². The van der Waals surface area contributed by atoms with E-state index in [1.54, 1.807) is 6.07 Å². The van der Waals surface area contributed by atoms with E-state index in [1.807, 2.05) is 19.9 Å². The predicted octanol–water partition coefficient (Wildman–Crippen LogP) is 2.20. The molecule has 168 valence electrons. The molecule has 0 aromatic heterocycles. The van der Waals surface area contributed by atoms with Gasteiger partial charge in [0.05, 0.1) is 19.7 Å². The van der Waals surface area contributed by atoms with Crippen LogP contribution in [0, 0.1) is 5.82 Å². The van der Waals surface area contributed by atoms with E-state index in [4.69, 9.17) is 4.74 Å². The first-order chi connectivity index (χ1) is 14.1. The molecule has 3 rings (SSSR count). The van der Waals surface area contributed by atoms with Crippen LogP contribution < -0.4 is 15.4 Å². The maximum absolute atomic E-state index is 14.1. The lowest BCUT2D eigenvalue weighted by atomic mass is 10.2. The second kappa shape index (κ2) is 12.3. The third-order valence-corrected chi connectivity index (χ3v) is 5.02. The predicted molar refractivity (Wildman–Crippen MR) is 127 cm³/mol. The number of hydrogen-bond acceptors (Lipinski definition) is 4. The highest BCUT2D eigenvalue weighted by molar-refractivity contribution is 14.0. The molecule has 0 unspecified atom stereocenters. The molecule has 1 saturated carbocycles. The van der Waals surface area contributed by atoms with Gasteiger partial charge in [-0.05, 0) is 44.4 Å². The molecule has 2 aliphatic rings. The monoisotopic (exact) mass is 533 g/mol. The van der Waals surface area contributed by atoms with Crippen molar-refractivity contribution in [3.63, 3.8) is 0 Å². The minimum absolute atomic E-state index is 0. The Kier molecular flexibility index (Phi) is 10.1. The molecule has 0 radical (unpaired) electrons. The first kappa shape index (κ1) is 24.6. The Hall–Kier alpha value is -1.62. The summed E-state index contributed by atoms with van der Waals surface area (Å²) in [5.41, 5.74) is 0.803. The summed E-state index contributed by atoms with van der Waals surface area (Å²) in [6.07, 6.45) is 2.22. The summed E-state index contributed by atoms with van der Waals surface area (Å²) >= 11 is 0. The number of piperazine rings is 1. The van der Waals surface area contributed by atoms with E-state index in [1.165, 1.54) is 6.07 Å². The second-order valence-electron chi connectivity index (χ2n) is 7.47. The molecule has 7 nitrogen and oxygen atoms in total. The molecule has 1 heterocycles. The Labute approximate surface area is 195 Å². The fourth-order valence-electron chi connectivity index (χ4n) is 3.33. The first-order valence-electron chi connectivity index (χ1n) is 10.5. The van der Waals surface area contributed by atoms with E-state index >= 15 is 0 Å². The van der Waals surface area contributed by atoms with Gasteiger partial charge in [-0.3, -0.25) is 9.69 Å². The lowest BCUT2D eigenvalue weighted by Crippen LogP contribution is -2.54. The van der Waals surface area contributed by atoms with Crippen molar-refractivity contribution in [1.29, 1.82) is 0 Å². The Morgan fingerprint density at radius 1 is 1.23 bits per heavy atom. The molecule has 1 amide bonds. The second-order valence-corrected chi connectivity index (χ2v) is 7.47. The van der Waals surface area contributed by atoms with Crippen LogP contribution in [0.1, 0.15) is 32.3 Å². The Balaban J connectivity index is 0.00000320. The van der Waals surface area contributed by atoms with Crippen molar-refractivity contribution in [2.75, 3.05) is 45.9 Å². The number of benzene rings is 1. The molecular formula is C21H33FIN5O2. The van der Waals surface area contributed by atoms with Gasteiger partial charge in [0, 0.05) is 38.8 Å². The van der Waals surface area contributed by atoms with Crippen molar-refractivity contribution >= 4 is 35.8 Å². The summed E-state index contributed by atoms with van der Waals surface area (Å²) in [5, 5.41) is 6.36. The quantitative estimate of drug-likeness (QED) is 0.305.